The van der Waals surface area contributed by atoms with Gasteiger partial charge >= 0.3 is 5.97 Å². The van der Waals surface area contributed by atoms with Crippen molar-refractivity contribution in [1.29, 1.82) is 0 Å². The molecule has 75 valence electrons. The molecule has 2 aromatic carbocycles. The van der Waals surface area contributed by atoms with Crippen molar-refractivity contribution in [2.45, 2.75) is 0 Å². The number of rotatable bonds is 1. The van der Waals surface area contributed by atoms with E-state index in [1.165, 1.54) is 19.2 Å². The molecule has 0 unspecified atom stereocenters. The van der Waals surface area contributed by atoms with Crippen molar-refractivity contribution >= 4 is 16.7 Å². The molecule has 0 heterocycles. The van der Waals surface area contributed by atoms with E-state index in [9.17, 15) is 9.90 Å². The van der Waals surface area contributed by atoms with Gasteiger partial charge in [0.15, 0.2) is 5.75 Å². The number of benzene rings is 2. The summed E-state index contributed by atoms with van der Waals surface area (Å²) in [5.41, 5.74) is 0.454. The van der Waals surface area contributed by atoms with Crippen LogP contribution in [-0.2, 0) is 9.84 Å². The van der Waals surface area contributed by atoms with Gasteiger partial charge < -0.3 is 4.74 Å². The lowest BCUT2D eigenvalue weighted by atomic mass is 10.1. The van der Waals surface area contributed by atoms with Crippen LogP contribution in [0, 0.1) is 0 Å². The van der Waals surface area contributed by atoms with Crippen LogP contribution in [0.4, 0.5) is 0 Å². The van der Waals surface area contributed by atoms with Crippen molar-refractivity contribution in [2.75, 3.05) is 7.11 Å². The van der Waals surface area contributed by atoms with Gasteiger partial charge in [0.25, 0.3) is 0 Å². The van der Waals surface area contributed by atoms with Gasteiger partial charge in [-0.3, -0.25) is 5.11 Å². The van der Waals surface area contributed by atoms with Crippen LogP contribution in [0.2, 0.25) is 0 Å². The molecule has 0 amide bonds. The number of carbonyl (C=O) groups is 1. The number of ether oxygens (including phenoxy) is 1. The van der Waals surface area contributed by atoms with E-state index in [1.54, 1.807) is 24.3 Å². The number of esters is 1. The second-order valence-electron chi connectivity index (χ2n) is 3.22. The van der Waals surface area contributed by atoms with Crippen LogP contribution in [0.25, 0.3) is 10.8 Å². The van der Waals surface area contributed by atoms with Gasteiger partial charge in [-0.1, -0.05) is 12.1 Å². The van der Waals surface area contributed by atoms with E-state index in [2.05, 4.69) is 4.74 Å². The minimum absolute atomic E-state index is 0.0653. The molecule has 0 aliphatic carbocycles. The third-order valence-corrected chi connectivity index (χ3v) is 2.23. The Balaban J connectivity index is 2.59. The Hall–Kier alpha value is -2.03. The number of methoxy groups -OCH3 is 1. The summed E-state index contributed by atoms with van der Waals surface area (Å²) in [4.78, 5) is 11.2. The maximum atomic E-state index is 11.2. The standard InChI is InChI=1S/C12H9O3/c1-15-12(14)9-3-2-8-4-5-11(13)7-10(8)6-9/h2-7H,1H3. The molecule has 0 saturated carbocycles. The second kappa shape index (κ2) is 3.61. The van der Waals surface area contributed by atoms with Crippen molar-refractivity contribution in [3.8, 4) is 5.75 Å². The molecule has 2 aromatic rings. The molecule has 0 aromatic heterocycles. The highest BCUT2D eigenvalue weighted by atomic mass is 16.5. The number of hydrogen-bond acceptors (Lipinski definition) is 2. The molecule has 0 spiro atoms. The topological polar surface area (TPSA) is 46.2 Å². The largest absolute Gasteiger partial charge is 0.465 e. The predicted octanol–water partition coefficient (Wildman–Crippen LogP) is 2.77. The minimum Gasteiger partial charge on any atom is -0.465 e. The molecular weight excluding hydrogens is 192 g/mol. The first-order valence-electron chi connectivity index (χ1n) is 4.50. The van der Waals surface area contributed by atoms with Crippen LogP contribution in [0.3, 0.4) is 0 Å². The summed E-state index contributed by atoms with van der Waals surface area (Å²) in [6.07, 6.45) is 0. The van der Waals surface area contributed by atoms with Crippen molar-refractivity contribution in [2.24, 2.45) is 0 Å². The molecule has 15 heavy (non-hydrogen) atoms. The van der Waals surface area contributed by atoms with Gasteiger partial charge in [-0.2, -0.15) is 0 Å². The Labute approximate surface area is 86.9 Å². The predicted molar refractivity (Wildman–Crippen MR) is 55.4 cm³/mol. The van der Waals surface area contributed by atoms with E-state index in [4.69, 9.17) is 0 Å². The molecule has 0 atom stereocenters. The van der Waals surface area contributed by atoms with Gasteiger partial charge in [-0.05, 0) is 35.0 Å². The number of fused-ring (bicyclic) bond motifs is 1. The lowest BCUT2D eigenvalue weighted by Crippen LogP contribution is -2.00. The molecule has 0 fully saturated rings. The highest BCUT2D eigenvalue weighted by Crippen LogP contribution is 2.21. The Morgan fingerprint density at radius 3 is 2.53 bits per heavy atom. The normalized spacial score (nSPS) is 10.2. The summed E-state index contributed by atoms with van der Waals surface area (Å²) in [5, 5.41) is 12.8. The van der Waals surface area contributed by atoms with Crippen LogP contribution in [0.15, 0.2) is 36.4 Å². The molecule has 0 bridgehead atoms. The summed E-state index contributed by atoms with van der Waals surface area (Å²) in [6, 6.07) is 9.86. The van der Waals surface area contributed by atoms with E-state index in [0.717, 1.165) is 10.8 Å². The molecule has 3 nitrogen and oxygen atoms in total. The van der Waals surface area contributed by atoms with Gasteiger partial charge in [0.05, 0.1) is 12.7 Å². The van der Waals surface area contributed by atoms with Crippen LogP contribution in [0.1, 0.15) is 10.4 Å². The van der Waals surface area contributed by atoms with Crippen LogP contribution in [-0.4, -0.2) is 13.1 Å². The zero-order valence-electron chi connectivity index (χ0n) is 8.19. The Kier molecular flexibility index (Phi) is 2.29. The van der Waals surface area contributed by atoms with Crippen molar-refractivity contribution in [1.82, 2.24) is 0 Å². The van der Waals surface area contributed by atoms with Crippen LogP contribution < -0.4 is 0 Å². The average Bonchev–Trinajstić information content (AvgIpc) is 2.27. The first kappa shape index (κ1) is 9.52. The zero-order valence-corrected chi connectivity index (χ0v) is 8.19. The van der Waals surface area contributed by atoms with Gasteiger partial charge in [-0.15, -0.1) is 0 Å². The molecule has 2 rings (SSSR count). The number of carbonyl (C=O) groups excluding carboxylic acids is 1. The van der Waals surface area contributed by atoms with Crippen LogP contribution >= 0.6 is 0 Å². The third kappa shape index (κ3) is 1.76. The first-order valence-corrected chi connectivity index (χ1v) is 4.50. The molecular formula is C12H9O3. The summed E-state index contributed by atoms with van der Waals surface area (Å²) in [5.74, 6) is -0.460. The molecule has 0 saturated heterocycles. The van der Waals surface area contributed by atoms with Gasteiger partial charge in [0, 0.05) is 0 Å². The summed E-state index contributed by atoms with van der Waals surface area (Å²) in [6.45, 7) is 0. The SMILES string of the molecule is COC(=O)c1ccc2ccc([O])cc2c1. The first-order chi connectivity index (χ1) is 7.20. The Bertz CT molecular complexity index is 517. The number of hydrogen-bond donors (Lipinski definition) is 0. The zero-order chi connectivity index (χ0) is 10.8. The minimum atomic E-state index is -0.395. The van der Waals surface area contributed by atoms with E-state index in [0.29, 0.717) is 5.56 Å². The average molecular weight is 201 g/mol. The molecule has 0 aliphatic heterocycles. The molecule has 0 aliphatic rings. The molecule has 3 heteroatoms. The fourth-order valence-electron chi connectivity index (χ4n) is 1.47. The maximum absolute atomic E-state index is 11.2. The third-order valence-electron chi connectivity index (χ3n) is 2.23. The monoisotopic (exact) mass is 201 g/mol. The maximum Gasteiger partial charge on any atom is 0.337 e. The van der Waals surface area contributed by atoms with E-state index in [-0.39, 0.29) is 5.75 Å². The fourth-order valence-corrected chi connectivity index (χ4v) is 1.47. The fraction of sp³-hybridized carbons (Fsp3) is 0.0833. The van der Waals surface area contributed by atoms with Crippen molar-refractivity contribution < 1.29 is 14.6 Å². The van der Waals surface area contributed by atoms with Crippen molar-refractivity contribution in [3.05, 3.63) is 42.0 Å². The summed E-state index contributed by atoms with van der Waals surface area (Å²) < 4.78 is 4.60. The van der Waals surface area contributed by atoms with Gasteiger partial charge in [0.1, 0.15) is 0 Å². The van der Waals surface area contributed by atoms with Gasteiger partial charge in [0.2, 0.25) is 0 Å². The lowest BCUT2D eigenvalue weighted by molar-refractivity contribution is 0.0601. The van der Waals surface area contributed by atoms with E-state index < -0.39 is 5.97 Å². The lowest BCUT2D eigenvalue weighted by Gasteiger charge is -2.01. The Morgan fingerprint density at radius 2 is 1.80 bits per heavy atom. The van der Waals surface area contributed by atoms with Crippen LogP contribution in [0.5, 0.6) is 5.75 Å². The summed E-state index contributed by atoms with van der Waals surface area (Å²) in [7, 11) is 1.33. The van der Waals surface area contributed by atoms with Gasteiger partial charge in [-0.25, -0.2) is 4.79 Å². The molecule has 1 radical (unpaired) electrons. The summed E-state index contributed by atoms with van der Waals surface area (Å²) >= 11 is 0. The Morgan fingerprint density at radius 1 is 1.07 bits per heavy atom. The second-order valence-corrected chi connectivity index (χ2v) is 3.22. The highest BCUT2D eigenvalue weighted by Gasteiger charge is 2.06. The molecule has 0 N–H and O–H groups in total. The van der Waals surface area contributed by atoms with E-state index >= 15 is 0 Å². The quantitative estimate of drug-likeness (QED) is 0.666. The van der Waals surface area contributed by atoms with Crippen molar-refractivity contribution in [3.63, 3.8) is 0 Å². The highest BCUT2D eigenvalue weighted by molar-refractivity contribution is 5.95. The van der Waals surface area contributed by atoms with E-state index in [1.807, 2.05) is 0 Å². The smallest absolute Gasteiger partial charge is 0.337 e.